The molecule has 0 aliphatic carbocycles. The van der Waals surface area contributed by atoms with Gasteiger partial charge in [0.15, 0.2) is 17.5 Å². The molecule has 12 rings (SSSR count). The van der Waals surface area contributed by atoms with Gasteiger partial charge in [0.2, 0.25) is 0 Å². The molecule has 0 bridgehead atoms. The van der Waals surface area contributed by atoms with E-state index in [2.05, 4.69) is 138 Å². The highest BCUT2D eigenvalue weighted by molar-refractivity contribution is 7.26. The average molecular weight is 747 g/mol. The first kappa shape index (κ1) is 31.9. The third-order valence-corrected chi connectivity index (χ3v) is 12.2. The van der Waals surface area contributed by atoms with Gasteiger partial charge in [-0.3, -0.25) is 0 Å². The number of thiophene rings is 1. The number of furan rings is 1. The number of nitrogens with zero attached hydrogens (tertiary/aromatic N) is 4. The van der Waals surface area contributed by atoms with E-state index >= 15 is 0 Å². The van der Waals surface area contributed by atoms with Crippen LogP contribution in [0.3, 0.4) is 0 Å². The number of hydrogen-bond donors (Lipinski definition) is 0. The Kier molecular flexibility index (Phi) is 7.03. The van der Waals surface area contributed by atoms with E-state index in [4.69, 9.17) is 19.4 Å². The molecule has 0 atom stereocenters. The summed E-state index contributed by atoms with van der Waals surface area (Å²) in [5.41, 5.74) is 10.5. The van der Waals surface area contributed by atoms with Gasteiger partial charge >= 0.3 is 0 Å². The van der Waals surface area contributed by atoms with Gasteiger partial charge in [0.1, 0.15) is 11.2 Å². The summed E-state index contributed by atoms with van der Waals surface area (Å²) in [4.78, 5) is 15.4. The molecule has 5 nitrogen and oxygen atoms in total. The molecule has 0 saturated heterocycles. The molecule has 8 aromatic carbocycles. The van der Waals surface area contributed by atoms with E-state index in [9.17, 15) is 0 Å². The quantitative estimate of drug-likeness (QED) is 0.176. The molecule has 4 heterocycles. The lowest BCUT2D eigenvalue weighted by atomic mass is 10.00. The minimum absolute atomic E-state index is 0.619. The van der Waals surface area contributed by atoms with Crippen LogP contribution >= 0.6 is 11.3 Å². The Morgan fingerprint density at radius 1 is 0.386 bits per heavy atom. The van der Waals surface area contributed by atoms with Crippen molar-refractivity contribution in [3.05, 3.63) is 182 Å². The van der Waals surface area contributed by atoms with Crippen molar-refractivity contribution in [1.82, 2.24) is 19.5 Å². The zero-order valence-electron chi connectivity index (χ0n) is 30.4. The van der Waals surface area contributed by atoms with Crippen molar-refractivity contribution in [2.75, 3.05) is 0 Å². The molecular weight excluding hydrogens is 717 g/mol. The van der Waals surface area contributed by atoms with E-state index in [-0.39, 0.29) is 0 Å². The largest absolute Gasteiger partial charge is 0.456 e. The van der Waals surface area contributed by atoms with Crippen LogP contribution in [0.1, 0.15) is 0 Å². The minimum Gasteiger partial charge on any atom is -0.456 e. The lowest BCUT2D eigenvalue weighted by Crippen LogP contribution is -2.00. The van der Waals surface area contributed by atoms with Gasteiger partial charge in [0.05, 0.1) is 11.0 Å². The topological polar surface area (TPSA) is 56.7 Å². The molecule has 0 unspecified atom stereocenters. The molecule has 6 heteroatoms. The SMILES string of the molecule is c1ccc(-c2nc(-c3ccc4oc5ccccc5c4c3)nc(-c3cccc4sc5cc(-c6ccc7c(c6)c6ccccc6n7-c6ccccc6)ccc5c34)n2)cc1. The van der Waals surface area contributed by atoms with Gasteiger partial charge < -0.3 is 8.98 Å². The summed E-state index contributed by atoms with van der Waals surface area (Å²) in [7, 11) is 0. The molecule has 4 aromatic heterocycles. The van der Waals surface area contributed by atoms with Gasteiger partial charge in [-0.2, -0.15) is 0 Å². The van der Waals surface area contributed by atoms with Gasteiger partial charge in [-0.25, -0.2) is 15.0 Å². The molecule has 0 amide bonds. The van der Waals surface area contributed by atoms with Crippen LogP contribution in [0.5, 0.6) is 0 Å². The lowest BCUT2D eigenvalue weighted by molar-refractivity contribution is 0.669. The first-order chi connectivity index (χ1) is 28.2. The number of rotatable bonds is 5. The van der Waals surface area contributed by atoms with Crippen molar-refractivity contribution < 1.29 is 4.42 Å². The molecule has 0 saturated carbocycles. The van der Waals surface area contributed by atoms with Gasteiger partial charge in [0.25, 0.3) is 0 Å². The van der Waals surface area contributed by atoms with Crippen molar-refractivity contribution in [1.29, 1.82) is 0 Å². The second-order valence-corrected chi connectivity index (χ2v) is 15.5. The summed E-state index contributed by atoms with van der Waals surface area (Å²) >= 11 is 1.81. The fourth-order valence-corrected chi connectivity index (χ4v) is 9.58. The first-order valence-corrected chi connectivity index (χ1v) is 19.8. The summed E-state index contributed by atoms with van der Waals surface area (Å²) in [5, 5.41) is 6.93. The molecule has 0 aliphatic heterocycles. The maximum atomic E-state index is 6.15. The zero-order chi connectivity index (χ0) is 37.5. The predicted octanol–water partition coefficient (Wildman–Crippen LogP) is 13.9. The molecule has 0 radical (unpaired) electrons. The van der Waals surface area contributed by atoms with Crippen molar-refractivity contribution in [3.63, 3.8) is 0 Å². The molecule has 57 heavy (non-hydrogen) atoms. The Morgan fingerprint density at radius 2 is 1.04 bits per heavy atom. The standard InChI is InChI=1S/C51H30N4OS/c1-3-12-31(13-4-1)49-52-50(34-24-27-45-41(29-34)37-17-8-10-20-44(37)56-45)54-51(53-49)39-18-11-21-46-48(39)38-25-22-33(30-47(38)57-46)32-23-26-43-40(28-32)36-16-7-9-19-42(36)55(43)35-14-5-2-6-15-35/h1-30H. The zero-order valence-corrected chi connectivity index (χ0v) is 31.2. The molecule has 0 aliphatic rings. The van der Waals surface area contributed by atoms with Gasteiger partial charge in [-0.1, -0.05) is 115 Å². The number of aromatic nitrogens is 4. The van der Waals surface area contributed by atoms with Gasteiger partial charge in [0, 0.05) is 64.1 Å². The maximum absolute atomic E-state index is 6.15. The van der Waals surface area contributed by atoms with E-state index in [0.29, 0.717) is 17.5 Å². The van der Waals surface area contributed by atoms with Crippen LogP contribution in [0.15, 0.2) is 186 Å². The fraction of sp³-hybridized carbons (Fsp3) is 0. The van der Waals surface area contributed by atoms with Crippen LogP contribution in [0, 0.1) is 0 Å². The number of para-hydroxylation sites is 3. The fourth-order valence-electron chi connectivity index (χ4n) is 8.41. The Balaban J connectivity index is 1.01. The second-order valence-electron chi connectivity index (χ2n) is 14.4. The number of hydrogen-bond acceptors (Lipinski definition) is 5. The highest BCUT2D eigenvalue weighted by Gasteiger charge is 2.19. The van der Waals surface area contributed by atoms with Gasteiger partial charge in [-0.15, -0.1) is 11.3 Å². The number of benzene rings is 8. The van der Waals surface area contributed by atoms with Crippen LogP contribution in [-0.2, 0) is 0 Å². The molecule has 12 aromatic rings. The van der Waals surface area contributed by atoms with E-state index in [0.717, 1.165) is 49.7 Å². The highest BCUT2D eigenvalue weighted by Crippen LogP contribution is 2.42. The van der Waals surface area contributed by atoms with E-state index < -0.39 is 0 Å². The highest BCUT2D eigenvalue weighted by atomic mass is 32.1. The Bertz CT molecular complexity index is 3530. The Morgan fingerprint density at radius 3 is 1.91 bits per heavy atom. The van der Waals surface area contributed by atoms with Crippen LogP contribution in [0.2, 0.25) is 0 Å². The minimum atomic E-state index is 0.619. The molecule has 0 N–H and O–H groups in total. The van der Waals surface area contributed by atoms with Crippen molar-refractivity contribution in [2.24, 2.45) is 0 Å². The average Bonchev–Trinajstić information content (AvgIpc) is 3.95. The van der Waals surface area contributed by atoms with Crippen LogP contribution in [-0.4, -0.2) is 19.5 Å². The second kappa shape index (κ2) is 12.6. The summed E-state index contributed by atoms with van der Waals surface area (Å²) in [6.45, 7) is 0. The maximum Gasteiger partial charge on any atom is 0.164 e. The van der Waals surface area contributed by atoms with E-state index in [1.165, 1.54) is 47.7 Å². The summed E-state index contributed by atoms with van der Waals surface area (Å²) in [5.74, 6) is 1.90. The smallest absolute Gasteiger partial charge is 0.164 e. The van der Waals surface area contributed by atoms with Gasteiger partial charge in [-0.05, 0) is 77.9 Å². The Hall–Kier alpha value is -7.41. The van der Waals surface area contributed by atoms with Crippen molar-refractivity contribution in [2.45, 2.75) is 0 Å². The van der Waals surface area contributed by atoms with Crippen LogP contribution in [0.4, 0.5) is 0 Å². The van der Waals surface area contributed by atoms with Crippen molar-refractivity contribution >= 4 is 75.3 Å². The van der Waals surface area contributed by atoms with E-state index in [1.54, 1.807) is 11.3 Å². The normalized spacial score (nSPS) is 11.9. The first-order valence-electron chi connectivity index (χ1n) is 19.0. The van der Waals surface area contributed by atoms with Crippen LogP contribution in [0.25, 0.3) is 115 Å². The third kappa shape index (κ3) is 5.12. The van der Waals surface area contributed by atoms with Crippen molar-refractivity contribution in [3.8, 4) is 51.0 Å². The lowest BCUT2D eigenvalue weighted by Gasteiger charge is -2.10. The number of fused-ring (bicyclic) bond motifs is 9. The summed E-state index contributed by atoms with van der Waals surface area (Å²) in [6, 6.07) is 63.9. The monoisotopic (exact) mass is 746 g/mol. The Labute approximate surface area is 330 Å². The third-order valence-electron chi connectivity index (χ3n) is 11.1. The molecule has 0 spiro atoms. The molecule has 266 valence electrons. The van der Waals surface area contributed by atoms with Crippen LogP contribution < -0.4 is 0 Å². The van der Waals surface area contributed by atoms with E-state index in [1.807, 2.05) is 48.5 Å². The molecule has 0 fully saturated rings. The summed E-state index contributed by atoms with van der Waals surface area (Å²) < 4.78 is 10.9. The molecular formula is C51H30N4OS. The predicted molar refractivity (Wildman–Crippen MR) is 236 cm³/mol. The summed E-state index contributed by atoms with van der Waals surface area (Å²) in [6.07, 6.45) is 0.